The summed E-state index contributed by atoms with van der Waals surface area (Å²) in [4.78, 5) is 4.61. The first kappa shape index (κ1) is 11.7. The van der Waals surface area contributed by atoms with Gasteiger partial charge in [0.1, 0.15) is 6.07 Å². The molecular formula is C12H14IN3. The number of hydrogen-bond acceptors (Lipinski definition) is 3. The molecule has 3 nitrogen and oxygen atoms in total. The molecule has 0 amide bonds. The van der Waals surface area contributed by atoms with Gasteiger partial charge in [0.05, 0.1) is 11.3 Å². The van der Waals surface area contributed by atoms with Gasteiger partial charge in [-0.3, -0.25) is 0 Å². The van der Waals surface area contributed by atoms with Gasteiger partial charge >= 0.3 is 0 Å². The smallest absolute Gasteiger partial charge is 0.101 e. The molecule has 1 saturated heterocycles. The molecule has 0 N–H and O–H groups in total. The SMILES string of the molecule is CN1CCN(c2ccc(I)cc2C#N)CC1. The molecule has 2 rings (SSSR count). The molecule has 1 heterocycles. The minimum absolute atomic E-state index is 0.788. The van der Waals surface area contributed by atoms with Crippen molar-refractivity contribution < 1.29 is 0 Å². The zero-order chi connectivity index (χ0) is 11.5. The van der Waals surface area contributed by atoms with Crippen LogP contribution >= 0.6 is 22.6 Å². The second-order valence-electron chi connectivity index (χ2n) is 4.06. The maximum atomic E-state index is 9.14. The van der Waals surface area contributed by atoms with Gasteiger partial charge in [-0.1, -0.05) is 0 Å². The fourth-order valence-corrected chi connectivity index (χ4v) is 2.41. The lowest BCUT2D eigenvalue weighted by molar-refractivity contribution is 0.313. The van der Waals surface area contributed by atoms with Crippen LogP contribution in [0.2, 0.25) is 0 Å². The van der Waals surface area contributed by atoms with Crippen LogP contribution in [-0.2, 0) is 0 Å². The highest BCUT2D eigenvalue weighted by Gasteiger charge is 2.16. The number of halogens is 1. The molecule has 1 aliphatic heterocycles. The van der Waals surface area contributed by atoms with Crippen LogP contribution in [0, 0.1) is 14.9 Å². The summed E-state index contributed by atoms with van der Waals surface area (Å²) in [6, 6.07) is 8.36. The number of benzene rings is 1. The molecule has 4 heteroatoms. The van der Waals surface area contributed by atoms with E-state index in [0.29, 0.717) is 0 Å². The highest BCUT2D eigenvalue weighted by atomic mass is 127. The molecule has 16 heavy (non-hydrogen) atoms. The van der Waals surface area contributed by atoms with Gasteiger partial charge in [-0.25, -0.2) is 0 Å². The molecule has 0 saturated carbocycles. The van der Waals surface area contributed by atoms with Crippen LogP contribution < -0.4 is 4.90 Å². The van der Waals surface area contributed by atoms with Crippen molar-refractivity contribution >= 4 is 28.3 Å². The Labute approximate surface area is 110 Å². The van der Waals surface area contributed by atoms with Gasteiger partial charge in [0.2, 0.25) is 0 Å². The largest absolute Gasteiger partial charge is 0.368 e. The van der Waals surface area contributed by atoms with Crippen LogP contribution in [0.3, 0.4) is 0 Å². The molecule has 0 aromatic heterocycles. The molecule has 0 bridgehead atoms. The first-order valence-corrected chi connectivity index (χ1v) is 6.42. The normalized spacial score (nSPS) is 17.2. The van der Waals surface area contributed by atoms with E-state index in [-0.39, 0.29) is 0 Å². The molecule has 0 atom stereocenters. The number of piperazine rings is 1. The average Bonchev–Trinajstić information content (AvgIpc) is 2.30. The Kier molecular flexibility index (Phi) is 3.66. The Morgan fingerprint density at radius 2 is 1.94 bits per heavy atom. The van der Waals surface area contributed by atoms with E-state index in [4.69, 9.17) is 5.26 Å². The Bertz CT molecular complexity index is 417. The average molecular weight is 327 g/mol. The minimum atomic E-state index is 0.788. The van der Waals surface area contributed by atoms with Crippen molar-refractivity contribution in [2.75, 3.05) is 38.1 Å². The van der Waals surface area contributed by atoms with Crippen LogP contribution in [0.25, 0.3) is 0 Å². The van der Waals surface area contributed by atoms with Crippen LogP contribution in [0.1, 0.15) is 5.56 Å². The van der Waals surface area contributed by atoms with Crippen molar-refractivity contribution in [3.63, 3.8) is 0 Å². The Morgan fingerprint density at radius 1 is 1.25 bits per heavy atom. The number of nitriles is 1. The summed E-state index contributed by atoms with van der Waals surface area (Å²) in [6.07, 6.45) is 0. The van der Waals surface area contributed by atoms with Gasteiger partial charge in [-0.15, -0.1) is 0 Å². The fourth-order valence-electron chi connectivity index (χ4n) is 1.92. The van der Waals surface area contributed by atoms with Crippen molar-refractivity contribution in [3.8, 4) is 6.07 Å². The first-order valence-electron chi connectivity index (χ1n) is 5.34. The summed E-state index contributed by atoms with van der Waals surface area (Å²) in [5, 5.41) is 9.14. The van der Waals surface area contributed by atoms with Gasteiger partial charge in [0, 0.05) is 29.7 Å². The zero-order valence-corrected chi connectivity index (χ0v) is 11.4. The van der Waals surface area contributed by atoms with Crippen LogP contribution in [0.4, 0.5) is 5.69 Å². The van der Waals surface area contributed by atoms with Crippen molar-refractivity contribution in [2.45, 2.75) is 0 Å². The highest BCUT2D eigenvalue weighted by Crippen LogP contribution is 2.23. The predicted molar refractivity (Wildman–Crippen MR) is 73.6 cm³/mol. The minimum Gasteiger partial charge on any atom is -0.368 e. The molecule has 84 valence electrons. The van der Waals surface area contributed by atoms with Crippen molar-refractivity contribution in [1.29, 1.82) is 5.26 Å². The van der Waals surface area contributed by atoms with E-state index < -0.39 is 0 Å². The van der Waals surface area contributed by atoms with Crippen molar-refractivity contribution in [3.05, 3.63) is 27.3 Å². The third-order valence-corrected chi connectivity index (χ3v) is 3.59. The molecule has 1 aromatic rings. The van der Waals surface area contributed by atoms with E-state index in [2.05, 4.69) is 57.6 Å². The molecule has 1 fully saturated rings. The van der Waals surface area contributed by atoms with Gasteiger partial charge in [0.15, 0.2) is 0 Å². The highest BCUT2D eigenvalue weighted by molar-refractivity contribution is 14.1. The lowest BCUT2D eigenvalue weighted by atomic mass is 10.1. The molecule has 0 unspecified atom stereocenters. The molecule has 1 aromatic carbocycles. The van der Waals surface area contributed by atoms with Crippen molar-refractivity contribution in [1.82, 2.24) is 4.90 Å². The second-order valence-corrected chi connectivity index (χ2v) is 5.31. The van der Waals surface area contributed by atoms with Crippen LogP contribution in [-0.4, -0.2) is 38.1 Å². The van der Waals surface area contributed by atoms with E-state index in [1.165, 1.54) is 0 Å². The number of likely N-dealkylation sites (N-methyl/N-ethyl adjacent to an activating group) is 1. The van der Waals surface area contributed by atoms with E-state index in [9.17, 15) is 0 Å². The lowest BCUT2D eigenvalue weighted by Gasteiger charge is -2.34. The third-order valence-electron chi connectivity index (χ3n) is 2.92. The van der Waals surface area contributed by atoms with Crippen LogP contribution in [0.15, 0.2) is 18.2 Å². The quantitative estimate of drug-likeness (QED) is 0.738. The zero-order valence-electron chi connectivity index (χ0n) is 9.28. The van der Waals surface area contributed by atoms with Gasteiger partial charge in [-0.2, -0.15) is 5.26 Å². The Hall–Kier alpha value is -0.800. The summed E-state index contributed by atoms with van der Waals surface area (Å²) in [5.74, 6) is 0. The Balaban J connectivity index is 2.24. The number of hydrogen-bond donors (Lipinski definition) is 0. The number of anilines is 1. The molecule has 0 spiro atoms. The summed E-state index contributed by atoms with van der Waals surface area (Å²) in [7, 11) is 2.14. The maximum absolute atomic E-state index is 9.14. The molecule has 0 aliphatic carbocycles. The monoisotopic (exact) mass is 327 g/mol. The second kappa shape index (κ2) is 5.02. The van der Waals surface area contributed by atoms with E-state index in [1.54, 1.807) is 0 Å². The standard InChI is InChI=1S/C12H14IN3/c1-15-4-6-16(7-5-15)12-3-2-11(13)8-10(12)9-14/h2-3,8H,4-7H2,1H3. The first-order chi connectivity index (χ1) is 7.70. The fraction of sp³-hybridized carbons (Fsp3) is 0.417. The molecule has 1 aliphatic rings. The maximum Gasteiger partial charge on any atom is 0.101 e. The van der Waals surface area contributed by atoms with Gasteiger partial charge in [-0.05, 0) is 47.8 Å². The van der Waals surface area contributed by atoms with Crippen LogP contribution in [0.5, 0.6) is 0 Å². The summed E-state index contributed by atoms with van der Waals surface area (Å²) in [6.45, 7) is 4.14. The van der Waals surface area contributed by atoms with Gasteiger partial charge in [0.25, 0.3) is 0 Å². The summed E-state index contributed by atoms with van der Waals surface area (Å²) in [5.41, 5.74) is 1.87. The van der Waals surface area contributed by atoms with E-state index in [1.807, 2.05) is 6.07 Å². The lowest BCUT2D eigenvalue weighted by Crippen LogP contribution is -2.44. The van der Waals surface area contributed by atoms with Gasteiger partial charge < -0.3 is 9.80 Å². The number of nitrogens with zero attached hydrogens (tertiary/aromatic N) is 3. The topological polar surface area (TPSA) is 30.3 Å². The Morgan fingerprint density at radius 3 is 2.56 bits per heavy atom. The summed E-state index contributed by atoms with van der Waals surface area (Å²) >= 11 is 2.24. The third kappa shape index (κ3) is 2.47. The number of rotatable bonds is 1. The summed E-state index contributed by atoms with van der Waals surface area (Å²) < 4.78 is 1.12. The van der Waals surface area contributed by atoms with Crippen molar-refractivity contribution in [2.24, 2.45) is 0 Å². The van der Waals surface area contributed by atoms with E-state index in [0.717, 1.165) is 41.0 Å². The molecular weight excluding hydrogens is 313 g/mol. The predicted octanol–water partition coefficient (Wildman–Crippen LogP) is 1.91. The van der Waals surface area contributed by atoms with E-state index >= 15 is 0 Å². The molecule has 0 radical (unpaired) electrons.